The molecule has 0 bridgehead atoms. The molecular weight excluding hydrogens is 667 g/mol. The van der Waals surface area contributed by atoms with Crippen molar-refractivity contribution in [3.05, 3.63) is 80.9 Å². The summed E-state index contributed by atoms with van der Waals surface area (Å²) in [5, 5.41) is 42.8. The first-order valence-electron chi connectivity index (χ1n) is 18.0. The van der Waals surface area contributed by atoms with Crippen LogP contribution >= 0.6 is 0 Å². The van der Waals surface area contributed by atoms with Crippen LogP contribution in [0.5, 0.6) is 0 Å². The highest BCUT2D eigenvalue weighted by Crippen LogP contribution is 2.46. The lowest BCUT2D eigenvalue weighted by Gasteiger charge is -2.36. The van der Waals surface area contributed by atoms with Crippen LogP contribution in [-0.2, 0) is 0 Å². The Hall–Kier alpha value is -6.56. The molecule has 0 aliphatic carbocycles. The third-order valence-electron chi connectivity index (χ3n) is 10.7. The number of carbonyl (C=O) groups excluding carboxylic acids is 4. The number of anilines is 2. The number of nitrogens with zero attached hydrogens (tertiary/aromatic N) is 7. The molecule has 2 aliphatic heterocycles. The Kier molecular flexibility index (Phi) is 9.72. The molecule has 53 heavy (non-hydrogen) atoms. The van der Waals surface area contributed by atoms with Crippen molar-refractivity contribution < 1.29 is 19.2 Å². The van der Waals surface area contributed by atoms with E-state index in [-0.39, 0.29) is 55.3 Å². The van der Waals surface area contributed by atoms with Crippen molar-refractivity contribution in [2.24, 2.45) is 0 Å². The molecule has 2 aliphatic rings. The molecule has 0 saturated carbocycles. The summed E-state index contributed by atoms with van der Waals surface area (Å²) in [4.78, 5) is 61.1. The molecule has 0 spiro atoms. The van der Waals surface area contributed by atoms with Gasteiger partial charge in [-0.15, -0.1) is 0 Å². The molecule has 2 heterocycles. The summed E-state index contributed by atoms with van der Waals surface area (Å²) >= 11 is 0. The fourth-order valence-electron chi connectivity index (χ4n) is 8.02. The molecule has 0 fully saturated rings. The number of imide groups is 2. The van der Waals surface area contributed by atoms with Crippen LogP contribution in [-0.4, -0.2) is 52.1 Å². The minimum Gasteiger partial charge on any atom is -0.340 e. The molecule has 4 aromatic carbocycles. The Morgan fingerprint density at radius 2 is 0.887 bits per heavy atom. The van der Waals surface area contributed by atoms with Crippen molar-refractivity contribution in [3.63, 3.8) is 0 Å². The summed E-state index contributed by atoms with van der Waals surface area (Å²) in [5.74, 6) is -2.40. The van der Waals surface area contributed by atoms with E-state index in [9.17, 15) is 40.2 Å². The average Bonchev–Trinajstić information content (AvgIpc) is 3.18. The van der Waals surface area contributed by atoms with E-state index >= 15 is 0 Å². The van der Waals surface area contributed by atoms with E-state index in [2.05, 4.69) is 24.3 Å². The molecule has 6 rings (SSSR count). The number of hydrogen-bond donors (Lipinski definition) is 0. The van der Waals surface area contributed by atoms with Crippen LogP contribution in [0, 0.1) is 45.3 Å². The first-order chi connectivity index (χ1) is 25.6. The smallest absolute Gasteiger partial charge is 0.263 e. The number of rotatable bonds is 11. The summed E-state index contributed by atoms with van der Waals surface area (Å²) in [6.07, 6.45) is 3.34. The Bertz CT molecular complexity index is 2240. The maximum absolute atomic E-state index is 14.2. The standard InChI is InChI=1S/C42H37N7O4/c1-6-11-16-47(31-17-25(21-45)35-37-29(31)14-12-23(19-43)33(37)39(50)48(41(35)52)27(7-2)8-3)32-18-26(22-46)36-38-30(32)15-13-24(20-44)34(38)40(51)49(42(36)53)28(9-4)10-5/h12-15,17-18,27-28H,6-11,16H2,1-5H3. The van der Waals surface area contributed by atoms with Gasteiger partial charge in [-0.1, -0.05) is 53.2 Å². The van der Waals surface area contributed by atoms with Gasteiger partial charge in [0.2, 0.25) is 0 Å². The van der Waals surface area contributed by atoms with Crippen LogP contribution in [0.2, 0.25) is 0 Å². The van der Waals surface area contributed by atoms with E-state index in [1.54, 1.807) is 24.3 Å². The van der Waals surface area contributed by atoms with Gasteiger partial charge >= 0.3 is 0 Å². The van der Waals surface area contributed by atoms with Crippen LogP contribution in [0.4, 0.5) is 11.4 Å². The van der Waals surface area contributed by atoms with E-state index in [0.717, 1.165) is 6.42 Å². The van der Waals surface area contributed by atoms with Crippen molar-refractivity contribution in [1.29, 1.82) is 21.0 Å². The van der Waals surface area contributed by atoms with Crippen molar-refractivity contribution in [3.8, 4) is 24.3 Å². The summed E-state index contributed by atoms with van der Waals surface area (Å²) in [5.41, 5.74) is 1.24. The van der Waals surface area contributed by atoms with E-state index in [4.69, 9.17) is 0 Å². The van der Waals surface area contributed by atoms with Crippen molar-refractivity contribution in [1.82, 2.24) is 9.80 Å². The maximum Gasteiger partial charge on any atom is 0.263 e. The second-order valence-electron chi connectivity index (χ2n) is 13.3. The predicted molar refractivity (Wildman–Crippen MR) is 198 cm³/mol. The Morgan fingerprint density at radius 1 is 0.547 bits per heavy atom. The molecule has 0 aromatic heterocycles. The Morgan fingerprint density at radius 3 is 1.19 bits per heavy atom. The molecule has 11 nitrogen and oxygen atoms in total. The molecule has 0 N–H and O–H groups in total. The van der Waals surface area contributed by atoms with Crippen molar-refractivity contribution >= 4 is 56.5 Å². The molecule has 0 atom stereocenters. The zero-order chi connectivity index (χ0) is 38.3. The molecule has 0 unspecified atom stereocenters. The predicted octanol–water partition coefficient (Wildman–Crippen LogP) is 7.99. The van der Waals surface area contributed by atoms with Gasteiger partial charge in [-0.05, 0) is 56.4 Å². The van der Waals surface area contributed by atoms with Gasteiger partial charge in [0.05, 0.1) is 68.0 Å². The fraction of sp³-hybridized carbons (Fsp3) is 0.333. The molecule has 11 heteroatoms. The number of hydrogen-bond acceptors (Lipinski definition) is 9. The normalized spacial score (nSPS) is 13.5. The molecule has 264 valence electrons. The maximum atomic E-state index is 14.2. The third-order valence-corrected chi connectivity index (χ3v) is 10.7. The largest absolute Gasteiger partial charge is 0.340 e. The highest BCUT2D eigenvalue weighted by molar-refractivity contribution is 6.31. The number of carbonyl (C=O) groups is 4. The molecular formula is C42H37N7O4. The lowest BCUT2D eigenvalue weighted by Crippen LogP contribution is -2.47. The highest BCUT2D eigenvalue weighted by atomic mass is 16.2. The van der Waals surface area contributed by atoms with E-state index in [0.29, 0.717) is 60.8 Å². The molecule has 0 saturated heterocycles. The molecule has 0 radical (unpaired) electrons. The van der Waals surface area contributed by atoms with E-state index in [1.165, 1.54) is 21.9 Å². The average molecular weight is 704 g/mol. The second kappa shape index (κ2) is 14.2. The number of amides is 4. The van der Waals surface area contributed by atoms with Crippen molar-refractivity contribution in [2.45, 2.75) is 85.2 Å². The summed E-state index contributed by atoms with van der Waals surface area (Å²) in [6, 6.07) is 17.3. The molecule has 4 aromatic rings. The van der Waals surface area contributed by atoms with E-state index < -0.39 is 35.7 Å². The van der Waals surface area contributed by atoms with Crippen LogP contribution in [0.1, 0.15) is 137 Å². The SMILES string of the molecule is CCCCN(c1cc(C#N)c2c3c(c(C#N)ccc13)C(=O)N(C(CC)CC)C2=O)c1cc(C#N)c2c3c(c(C#N)ccc13)C(=O)N(C(CC)CC)C2=O. The third kappa shape index (κ3) is 5.28. The monoisotopic (exact) mass is 703 g/mol. The van der Waals surface area contributed by atoms with Gasteiger partial charge in [0.25, 0.3) is 23.6 Å². The number of benzene rings is 4. The minimum absolute atomic E-state index is 0.0139. The quantitative estimate of drug-likeness (QED) is 0.140. The van der Waals surface area contributed by atoms with Gasteiger partial charge in [-0.3, -0.25) is 29.0 Å². The second-order valence-corrected chi connectivity index (χ2v) is 13.3. The van der Waals surface area contributed by atoms with Crippen LogP contribution in [0.25, 0.3) is 21.5 Å². The topological polar surface area (TPSA) is 173 Å². The molecule has 4 amide bonds. The van der Waals surface area contributed by atoms with Crippen molar-refractivity contribution in [2.75, 3.05) is 11.4 Å². The van der Waals surface area contributed by atoms with Gasteiger partial charge in [0, 0.05) is 40.2 Å². The first-order valence-corrected chi connectivity index (χ1v) is 18.0. The summed E-state index contributed by atoms with van der Waals surface area (Å²) in [6.45, 7) is 9.82. The fourth-order valence-corrected chi connectivity index (χ4v) is 8.02. The Balaban J connectivity index is 1.73. The zero-order valence-electron chi connectivity index (χ0n) is 30.3. The van der Waals surface area contributed by atoms with Crippen LogP contribution < -0.4 is 4.90 Å². The number of unbranched alkanes of at least 4 members (excludes halogenated alkanes) is 1. The van der Waals surface area contributed by atoms with Crippen LogP contribution in [0.15, 0.2) is 36.4 Å². The van der Waals surface area contributed by atoms with E-state index in [1.807, 2.05) is 39.5 Å². The zero-order valence-corrected chi connectivity index (χ0v) is 30.3. The highest BCUT2D eigenvalue weighted by Gasteiger charge is 2.42. The van der Waals surface area contributed by atoms with Gasteiger partial charge in [0.1, 0.15) is 12.1 Å². The minimum atomic E-state index is -0.601. The van der Waals surface area contributed by atoms with Gasteiger partial charge < -0.3 is 4.90 Å². The lowest BCUT2D eigenvalue weighted by atomic mass is 9.85. The van der Waals surface area contributed by atoms with Crippen LogP contribution in [0.3, 0.4) is 0 Å². The van der Waals surface area contributed by atoms with Gasteiger partial charge in [-0.25, -0.2) is 0 Å². The Labute approximate surface area is 307 Å². The summed E-state index contributed by atoms with van der Waals surface area (Å²) < 4.78 is 0. The van der Waals surface area contributed by atoms with Gasteiger partial charge in [0.15, 0.2) is 0 Å². The lowest BCUT2D eigenvalue weighted by molar-refractivity contribution is 0.0514. The first kappa shape index (κ1) is 36.2. The summed E-state index contributed by atoms with van der Waals surface area (Å²) in [7, 11) is 0. The van der Waals surface area contributed by atoms with Gasteiger partial charge in [-0.2, -0.15) is 21.0 Å². The number of nitriles is 4.